The summed E-state index contributed by atoms with van der Waals surface area (Å²) >= 11 is 0. The van der Waals surface area contributed by atoms with Gasteiger partial charge in [-0.15, -0.1) is 0 Å². The van der Waals surface area contributed by atoms with Crippen LogP contribution < -0.4 is 5.32 Å². The molecule has 17 heavy (non-hydrogen) atoms. The van der Waals surface area contributed by atoms with E-state index in [4.69, 9.17) is 0 Å². The van der Waals surface area contributed by atoms with Crippen LogP contribution in [0.5, 0.6) is 0 Å². The van der Waals surface area contributed by atoms with Gasteiger partial charge in [-0.05, 0) is 24.1 Å². The fraction of sp³-hybridized carbons (Fsp3) is 0.286. The molecule has 0 aliphatic heterocycles. The average molecular weight is 230 g/mol. The Morgan fingerprint density at radius 1 is 1.24 bits per heavy atom. The van der Waals surface area contributed by atoms with Gasteiger partial charge >= 0.3 is 0 Å². The highest BCUT2D eigenvalue weighted by Gasteiger charge is 2.21. The summed E-state index contributed by atoms with van der Waals surface area (Å²) in [5.74, 6) is 0. The van der Waals surface area contributed by atoms with Crippen LogP contribution in [0.2, 0.25) is 0 Å². The molecule has 1 aromatic heterocycles. The van der Waals surface area contributed by atoms with Crippen molar-refractivity contribution >= 4 is 0 Å². The molecule has 2 aromatic rings. The lowest BCUT2D eigenvalue weighted by atomic mass is 9.96. The van der Waals surface area contributed by atoms with Gasteiger partial charge in [0.05, 0.1) is 5.60 Å². The summed E-state index contributed by atoms with van der Waals surface area (Å²) < 4.78 is 0. The molecular formula is C14H18N2O. The highest BCUT2D eigenvalue weighted by Crippen LogP contribution is 2.18. The number of hydrogen-bond acceptors (Lipinski definition) is 2. The molecule has 3 heteroatoms. The summed E-state index contributed by atoms with van der Waals surface area (Å²) in [4.78, 5) is 3.01. The number of nitrogens with one attached hydrogen (secondary N) is 2. The molecule has 0 spiro atoms. The summed E-state index contributed by atoms with van der Waals surface area (Å²) in [5, 5.41) is 13.6. The predicted molar refractivity (Wildman–Crippen MR) is 68.5 cm³/mol. The standard InChI is InChI=1S/C14H18N2O/c1-14(17,13-5-3-2-4-6-13)11-16-10-12-7-8-15-9-12/h2-9,15-17H,10-11H2,1H3. The van der Waals surface area contributed by atoms with Gasteiger partial charge in [0.1, 0.15) is 0 Å². The van der Waals surface area contributed by atoms with E-state index in [9.17, 15) is 5.11 Å². The minimum Gasteiger partial charge on any atom is -0.384 e. The second-order valence-electron chi connectivity index (χ2n) is 4.46. The maximum Gasteiger partial charge on any atom is 0.0992 e. The van der Waals surface area contributed by atoms with Gasteiger partial charge in [0.25, 0.3) is 0 Å². The molecule has 90 valence electrons. The van der Waals surface area contributed by atoms with Crippen molar-refractivity contribution in [2.75, 3.05) is 6.54 Å². The fourth-order valence-electron chi connectivity index (χ4n) is 1.82. The summed E-state index contributed by atoms with van der Waals surface area (Å²) in [7, 11) is 0. The summed E-state index contributed by atoms with van der Waals surface area (Å²) in [6.45, 7) is 3.11. The number of aliphatic hydroxyl groups is 1. The summed E-state index contributed by atoms with van der Waals surface area (Å²) in [6, 6.07) is 11.7. The molecule has 0 fully saturated rings. The lowest BCUT2D eigenvalue weighted by Gasteiger charge is -2.24. The molecule has 0 saturated carbocycles. The van der Waals surface area contributed by atoms with Crippen molar-refractivity contribution in [2.45, 2.75) is 19.1 Å². The number of H-pyrrole nitrogens is 1. The van der Waals surface area contributed by atoms with Crippen LogP contribution in [0.15, 0.2) is 48.8 Å². The Labute approximate surface area is 102 Å². The second kappa shape index (κ2) is 5.17. The van der Waals surface area contributed by atoms with Crippen molar-refractivity contribution in [3.8, 4) is 0 Å². The third-order valence-corrected chi connectivity index (χ3v) is 2.86. The van der Waals surface area contributed by atoms with Crippen LogP contribution in [-0.2, 0) is 12.1 Å². The second-order valence-corrected chi connectivity index (χ2v) is 4.46. The van der Waals surface area contributed by atoms with E-state index in [1.54, 1.807) is 0 Å². The first-order valence-corrected chi connectivity index (χ1v) is 5.79. The molecule has 1 unspecified atom stereocenters. The SMILES string of the molecule is CC(O)(CNCc1cc[nH]c1)c1ccccc1. The Balaban J connectivity index is 1.90. The third-order valence-electron chi connectivity index (χ3n) is 2.86. The number of hydrogen-bond donors (Lipinski definition) is 3. The number of rotatable bonds is 5. The molecule has 0 saturated heterocycles. The molecule has 3 N–H and O–H groups in total. The molecule has 1 atom stereocenters. The molecular weight excluding hydrogens is 212 g/mol. The Morgan fingerprint density at radius 2 is 2.00 bits per heavy atom. The first kappa shape index (κ1) is 11.9. The fourth-order valence-corrected chi connectivity index (χ4v) is 1.82. The lowest BCUT2D eigenvalue weighted by molar-refractivity contribution is 0.0567. The van der Waals surface area contributed by atoms with Crippen LogP contribution >= 0.6 is 0 Å². The molecule has 0 amide bonds. The van der Waals surface area contributed by atoms with Crippen LogP contribution in [0.25, 0.3) is 0 Å². The Hall–Kier alpha value is -1.58. The molecule has 0 aliphatic rings. The average Bonchev–Trinajstić information content (AvgIpc) is 2.83. The van der Waals surface area contributed by atoms with Crippen molar-refractivity contribution in [2.24, 2.45) is 0 Å². The van der Waals surface area contributed by atoms with E-state index in [2.05, 4.69) is 10.3 Å². The van der Waals surface area contributed by atoms with Gasteiger partial charge in [-0.3, -0.25) is 0 Å². The molecule has 1 heterocycles. The highest BCUT2D eigenvalue weighted by atomic mass is 16.3. The van der Waals surface area contributed by atoms with Crippen molar-refractivity contribution in [1.82, 2.24) is 10.3 Å². The molecule has 0 aliphatic carbocycles. The number of aromatic amines is 1. The lowest BCUT2D eigenvalue weighted by Crippen LogP contribution is -2.35. The van der Waals surface area contributed by atoms with Gasteiger partial charge in [0, 0.05) is 25.5 Å². The minimum atomic E-state index is -0.836. The maximum absolute atomic E-state index is 10.3. The van der Waals surface area contributed by atoms with Crippen molar-refractivity contribution in [3.63, 3.8) is 0 Å². The van der Waals surface area contributed by atoms with Crippen LogP contribution in [0.3, 0.4) is 0 Å². The Morgan fingerprint density at radius 3 is 2.65 bits per heavy atom. The molecule has 2 rings (SSSR count). The monoisotopic (exact) mass is 230 g/mol. The summed E-state index contributed by atoms with van der Waals surface area (Å²) in [6.07, 6.45) is 3.84. The highest BCUT2D eigenvalue weighted by molar-refractivity contribution is 5.21. The van der Waals surface area contributed by atoms with E-state index in [0.29, 0.717) is 6.54 Å². The molecule has 1 aromatic carbocycles. The smallest absolute Gasteiger partial charge is 0.0992 e. The predicted octanol–water partition coefficient (Wildman–Crippen LogP) is 2.01. The molecule has 0 bridgehead atoms. The Kier molecular flexibility index (Phi) is 3.61. The van der Waals surface area contributed by atoms with E-state index in [1.807, 2.05) is 55.7 Å². The van der Waals surface area contributed by atoms with Gasteiger partial charge in [0.2, 0.25) is 0 Å². The molecule has 3 nitrogen and oxygen atoms in total. The van der Waals surface area contributed by atoms with Crippen LogP contribution in [0.4, 0.5) is 0 Å². The van der Waals surface area contributed by atoms with Gasteiger partial charge in [0.15, 0.2) is 0 Å². The van der Waals surface area contributed by atoms with Gasteiger partial charge in [-0.25, -0.2) is 0 Å². The zero-order valence-electron chi connectivity index (χ0n) is 9.98. The number of benzene rings is 1. The van der Waals surface area contributed by atoms with Crippen molar-refractivity contribution < 1.29 is 5.11 Å². The summed E-state index contributed by atoms with van der Waals surface area (Å²) in [5.41, 5.74) is 1.29. The van der Waals surface area contributed by atoms with E-state index < -0.39 is 5.60 Å². The largest absolute Gasteiger partial charge is 0.384 e. The molecule has 0 radical (unpaired) electrons. The first-order valence-electron chi connectivity index (χ1n) is 5.79. The van der Waals surface area contributed by atoms with Crippen molar-refractivity contribution in [1.29, 1.82) is 0 Å². The van der Waals surface area contributed by atoms with Gasteiger partial charge in [-0.2, -0.15) is 0 Å². The van der Waals surface area contributed by atoms with E-state index in [1.165, 1.54) is 5.56 Å². The quantitative estimate of drug-likeness (QED) is 0.736. The Bertz CT molecular complexity index is 435. The minimum absolute atomic E-state index is 0.530. The van der Waals surface area contributed by atoms with E-state index >= 15 is 0 Å². The van der Waals surface area contributed by atoms with Crippen LogP contribution in [0, 0.1) is 0 Å². The van der Waals surface area contributed by atoms with Gasteiger partial charge < -0.3 is 15.4 Å². The van der Waals surface area contributed by atoms with E-state index in [-0.39, 0.29) is 0 Å². The van der Waals surface area contributed by atoms with Crippen LogP contribution in [-0.4, -0.2) is 16.6 Å². The van der Waals surface area contributed by atoms with Crippen LogP contribution in [0.1, 0.15) is 18.1 Å². The number of aromatic nitrogens is 1. The van der Waals surface area contributed by atoms with Crippen molar-refractivity contribution in [3.05, 3.63) is 59.9 Å². The normalized spacial score (nSPS) is 14.5. The maximum atomic E-state index is 10.3. The van der Waals surface area contributed by atoms with E-state index in [0.717, 1.165) is 12.1 Å². The third kappa shape index (κ3) is 3.19. The first-order chi connectivity index (χ1) is 8.18. The van der Waals surface area contributed by atoms with Gasteiger partial charge in [-0.1, -0.05) is 30.3 Å². The zero-order valence-corrected chi connectivity index (χ0v) is 9.98. The topological polar surface area (TPSA) is 48.0 Å². The zero-order chi connectivity index (χ0) is 12.1.